The Kier molecular flexibility index (Phi) is 9.32. The molecule has 0 aromatic carbocycles. The zero-order valence-electron chi connectivity index (χ0n) is 23.1. The Balaban J connectivity index is 1.74. The van der Waals surface area contributed by atoms with Crippen LogP contribution in [0, 0.1) is 19.8 Å². The number of ether oxygens (including phenoxy) is 3. The molecular weight excluding hydrogens is 524 g/mol. The smallest absolute Gasteiger partial charge is 0.225 e. The minimum Gasteiger partial charge on any atom is -0.390 e. The highest BCUT2D eigenvalue weighted by atomic mass is 32.1. The predicted octanol–water partition coefficient (Wildman–Crippen LogP) is 1.76. The van der Waals surface area contributed by atoms with Crippen LogP contribution in [0.3, 0.4) is 0 Å². The molecule has 3 aromatic heterocycles. The summed E-state index contributed by atoms with van der Waals surface area (Å²) in [4.78, 5) is 18.7. The number of thiazole rings is 1. The Labute approximate surface area is 231 Å². The summed E-state index contributed by atoms with van der Waals surface area (Å²) in [5.41, 5.74) is 1.52. The van der Waals surface area contributed by atoms with Crippen molar-refractivity contribution in [2.24, 2.45) is 5.92 Å². The minimum atomic E-state index is -1.48. The summed E-state index contributed by atoms with van der Waals surface area (Å²) in [6.45, 7) is 6.11. The Morgan fingerprint density at radius 1 is 1.05 bits per heavy atom. The molecule has 4 rings (SSSR count). The minimum absolute atomic E-state index is 0.0503. The van der Waals surface area contributed by atoms with Crippen LogP contribution in [-0.2, 0) is 14.2 Å². The lowest BCUT2D eigenvalue weighted by Gasteiger charge is -2.34. The molecule has 0 bridgehead atoms. The molecule has 0 radical (unpaired) electrons. The zero-order valence-corrected chi connectivity index (χ0v) is 23.9. The average molecular weight is 563 g/mol. The van der Waals surface area contributed by atoms with Gasteiger partial charge in [-0.1, -0.05) is 0 Å². The highest BCUT2D eigenvalue weighted by molar-refractivity contribution is 7.21. The van der Waals surface area contributed by atoms with Crippen LogP contribution in [0.5, 0.6) is 0 Å². The number of rotatable bonds is 12. The number of pyridine rings is 1. The lowest BCUT2D eigenvalue weighted by molar-refractivity contribution is -0.141. The average Bonchev–Trinajstić information content (AvgIpc) is 3.42. The van der Waals surface area contributed by atoms with Gasteiger partial charge in [0.1, 0.15) is 28.0 Å². The molecule has 214 valence electrons. The molecule has 1 saturated carbocycles. The lowest BCUT2D eigenvalue weighted by Crippen LogP contribution is -2.50. The maximum Gasteiger partial charge on any atom is 0.225 e. The number of fused-ring (bicyclic) bond motifs is 1. The van der Waals surface area contributed by atoms with Gasteiger partial charge in [-0.05, 0) is 33.3 Å². The third kappa shape index (κ3) is 6.14. The van der Waals surface area contributed by atoms with Crippen molar-refractivity contribution >= 4 is 33.3 Å². The topological polar surface area (TPSA) is 164 Å². The maximum atomic E-state index is 11.2. The molecule has 0 unspecified atom stereocenters. The first-order valence-electron chi connectivity index (χ1n) is 12.8. The number of aliphatic hydroxyl groups excluding tert-OH is 2. The van der Waals surface area contributed by atoms with Gasteiger partial charge >= 0.3 is 0 Å². The molecule has 5 N–H and O–H groups in total. The Morgan fingerprint density at radius 2 is 1.77 bits per heavy atom. The van der Waals surface area contributed by atoms with Gasteiger partial charge in [-0.2, -0.15) is 4.98 Å². The molecule has 39 heavy (non-hydrogen) atoms. The molecule has 3 heterocycles. The van der Waals surface area contributed by atoms with E-state index in [9.17, 15) is 15.3 Å². The van der Waals surface area contributed by atoms with E-state index in [1.165, 1.54) is 25.6 Å². The van der Waals surface area contributed by atoms with Crippen LogP contribution in [0.4, 0.5) is 11.8 Å². The number of hydrogen-bond donors (Lipinski definition) is 5. The van der Waals surface area contributed by atoms with Crippen LogP contribution in [0.15, 0.2) is 12.3 Å². The van der Waals surface area contributed by atoms with Crippen molar-refractivity contribution in [2.45, 2.75) is 57.1 Å². The van der Waals surface area contributed by atoms with Crippen molar-refractivity contribution in [1.29, 1.82) is 0 Å². The van der Waals surface area contributed by atoms with E-state index in [0.717, 1.165) is 15.9 Å². The molecule has 5 atom stereocenters. The summed E-state index contributed by atoms with van der Waals surface area (Å²) in [5, 5.41) is 40.6. The van der Waals surface area contributed by atoms with E-state index in [-0.39, 0.29) is 25.7 Å². The lowest BCUT2D eigenvalue weighted by atomic mass is 9.85. The van der Waals surface area contributed by atoms with Gasteiger partial charge in [-0.3, -0.25) is 4.98 Å². The third-order valence-electron chi connectivity index (χ3n) is 7.07. The summed E-state index contributed by atoms with van der Waals surface area (Å²) in [6, 6.07) is 1.24. The van der Waals surface area contributed by atoms with E-state index in [1.807, 2.05) is 26.8 Å². The van der Waals surface area contributed by atoms with Crippen LogP contribution >= 0.6 is 11.3 Å². The molecule has 1 fully saturated rings. The van der Waals surface area contributed by atoms with Crippen molar-refractivity contribution in [2.75, 3.05) is 51.8 Å². The standard InChI is InChI=1S/C26H38N6O6S/c1-13(10-36-4)28-25-29-14(2)19(24-31-20-15(3)27-8-7-18(20)39-24)23(32-25)30-17-9-16(21(33)22(17)34)26(35,11-37-5)12-38-6/h7-8,13,16-17,21-22,33-35H,9-12H2,1-6H3,(H2,28,29,30,32)/t13-,16+,17-,21-,22+/m1/s1. The Morgan fingerprint density at radius 3 is 2.41 bits per heavy atom. The van der Waals surface area contributed by atoms with Crippen molar-refractivity contribution < 1.29 is 29.5 Å². The molecule has 1 aliphatic carbocycles. The number of aromatic nitrogens is 4. The van der Waals surface area contributed by atoms with Crippen LogP contribution in [0.25, 0.3) is 20.8 Å². The maximum absolute atomic E-state index is 11.2. The van der Waals surface area contributed by atoms with Gasteiger partial charge in [0.25, 0.3) is 0 Å². The third-order valence-corrected chi connectivity index (χ3v) is 8.11. The number of aliphatic hydroxyl groups is 3. The summed E-state index contributed by atoms with van der Waals surface area (Å²) < 4.78 is 16.7. The second-order valence-corrected chi connectivity index (χ2v) is 11.2. The normalized spacial score (nSPS) is 22.4. The molecule has 3 aromatic rings. The predicted molar refractivity (Wildman–Crippen MR) is 149 cm³/mol. The van der Waals surface area contributed by atoms with Gasteiger partial charge in [0.2, 0.25) is 5.95 Å². The van der Waals surface area contributed by atoms with Gasteiger partial charge in [-0.15, -0.1) is 11.3 Å². The molecule has 0 aliphatic heterocycles. The molecule has 1 aliphatic rings. The molecule has 13 heteroatoms. The second kappa shape index (κ2) is 12.3. The van der Waals surface area contributed by atoms with Crippen molar-refractivity contribution in [3.63, 3.8) is 0 Å². The first-order valence-corrected chi connectivity index (χ1v) is 13.6. The number of aryl methyl sites for hydroxylation is 2. The highest BCUT2D eigenvalue weighted by Gasteiger charge is 2.52. The van der Waals surface area contributed by atoms with Crippen LogP contribution < -0.4 is 10.6 Å². The van der Waals surface area contributed by atoms with Gasteiger partial charge in [-0.25, -0.2) is 9.97 Å². The van der Waals surface area contributed by atoms with Crippen LogP contribution in [0.2, 0.25) is 0 Å². The van der Waals surface area contributed by atoms with Crippen molar-refractivity contribution in [3.8, 4) is 10.6 Å². The second-order valence-electron chi connectivity index (χ2n) is 10.2. The van der Waals surface area contributed by atoms with E-state index in [1.54, 1.807) is 13.3 Å². The van der Waals surface area contributed by atoms with E-state index in [0.29, 0.717) is 34.6 Å². The summed E-state index contributed by atoms with van der Waals surface area (Å²) in [5.74, 6) is 0.145. The quantitative estimate of drug-likeness (QED) is 0.218. The molecule has 0 spiro atoms. The van der Waals surface area contributed by atoms with Crippen molar-refractivity contribution in [3.05, 3.63) is 23.7 Å². The van der Waals surface area contributed by atoms with E-state index in [2.05, 4.69) is 20.6 Å². The fourth-order valence-electron chi connectivity index (χ4n) is 5.24. The van der Waals surface area contributed by atoms with E-state index < -0.39 is 29.8 Å². The fraction of sp³-hybridized carbons (Fsp3) is 0.615. The largest absolute Gasteiger partial charge is 0.390 e. The fourth-order valence-corrected chi connectivity index (χ4v) is 6.35. The number of nitrogens with zero attached hydrogens (tertiary/aromatic N) is 4. The first-order chi connectivity index (χ1) is 18.6. The Hall–Kier alpha value is -2.52. The van der Waals surface area contributed by atoms with E-state index in [4.69, 9.17) is 24.2 Å². The van der Waals surface area contributed by atoms with Crippen LogP contribution in [-0.4, -0.2) is 106 Å². The number of methoxy groups -OCH3 is 3. The number of hydrogen-bond acceptors (Lipinski definition) is 13. The SMILES string of the molecule is COC[C@@H](C)Nc1nc(C)c(-c2nc3c(C)nccc3s2)c(N[C@@H]2C[C@H](C(O)(COC)COC)[C@@H](O)[C@H]2O)n1. The summed E-state index contributed by atoms with van der Waals surface area (Å²) >= 11 is 1.50. The summed E-state index contributed by atoms with van der Waals surface area (Å²) in [7, 11) is 4.57. The zero-order chi connectivity index (χ0) is 28.3. The van der Waals surface area contributed by atoms with Gasteiger partial charge in [0, 0.05) is 39.5 Å². The number of anilines is 2. The van der Waals surface area contributed by atoms with Crippen molar-refractivity contribution in [1.82, 2.24) is 19.9 Å². The molecular formula is C26H38N6O6S. The highest BCUT2D eigenvalue weighted by Crippen LogP contribution is 2.40. The van der Waals surface area contributed by atoms with Crippen LogP contribution in [0.1, 0.15) is 24.7 Å². The molecule has 0 saturated heterocycles. The monoisotopic (exact) mass is 562 g/mol. The van der Waals surface area contributed by atoms with E-state index >= 15 is 0 Å². The van der Waals surface area contributed by atoms with Gasteiger partial charge < -0.3 is 40.2 Å². The number of nitrogens with one attached hydrogen (secondary N) is 2. The molecule has 12 nitrogen and oxygen atoms in total. The Bertz CT molecular complexity index is 1270. The van der Waals surface area contributed by atoms with Gasteiger partial charge in [0.05, 0.1) is 53.6 Å². The van der Waals surface area contributed by atoms with Gasteiger partial charge in [0.15, 0.2) is 0 Å². The first kappa shape index (κ1) is 29.5. The molecule has 0 amide bonds. The summed E-state index contributed by atoms with van der Waals surface area (Å²) in [6.07, 6.45) is -0.382.